The highest BCUT2D eigenvalue weighted by Gasteiger charge is 2.21. The van der Waals surface area contributed by atoms with Crippen LogP contribution in [0.15, 0.2) is 24.3 Å². The van der Waals surface area contributed by atoms with Gasteiger partial charge >= 0.3 is 0 Å². The van der Waals surface area contributed by atoms with E-state index in [9.17, 15) is 0 Å². The molecule has 1 aromatic heterocycles. The Bertz CT molecular complexity index is 687. The average molecular weight is 251 g/mol. The summed E-state index contributed by atoms with van der Waals surface area (Å²) < 4.78 is 0. The van der Waals surface area contributed by atoms with Crippen LogP contribution < -0.4 is 10.6 Å². The number of nitrogens with two attached hydrogens (primary N) is 1. The largest absolute Gasteiger partial charge is 0.399 e. The summed E-state index contributed by atoms with van der Waals surface area (Å²) >= 11 is 0. The van der Waals surface area contributed by atoms with Crippen molar-refractivity contribution in [2.75, 3.05) is 10.6 Å². The summed E-state index contributed by atoms with van der Waals surface area (Å²) in [7, 11) is 0. The first-order valence-electron chi connectivity index (χ1n) is 6.04. The minimum Gasteiger partial charge on any atom is -0.399 e. The average Bonchev–Trinajstić information content (AvgIpc) is 2.80. The van der Waals surface area contributed by atoms with Crippen LogP contribution in [0.25, 0.3) is 0 Å². The van der Waals surface area contributed by atoms with Crippen LogP contribution in [0.1, 0.15) is 22.5 Å². The van der Waals surface area contributed by atoms with Gasteiger partial charge in [-0.2, -0.15) is 5.26 Å². The van der Waals surface area contributed by atoms with Gasteiger partial charge in [0.2, 0.25) is 5.95 Å². The first-order valence-corrected chi connectivity index (χ1v) is 6.04. The van der Waals surface area contributed by atoms with Crippen LogP contribution in [0.2, 0.25) is 0 Å². The Morgan fingerprint density at radius 3 is 2.79 bits per heavy atom. The molecule has 0 spiro atoms. The maximum Gasteiger partial charge on any atom is 0.227 e. The minimum absolute atomic E-state index is 0.401. The molecule has 19 heavy (non-hydrogen) atoms. The molecule has 3 rings (SSSR count). The van der Waals surface area contributed by atoms with E-state index in [1.807, 2.05) is 25.1 Å². The zero-order valence-electron chi connectivity index (χ0n) is 10.6. The van der Waals surface area contributed by atoms with Crippen LogP contribution in [0.4, 0.5) is 11.6 Å². The lowest BCUT2D eigenvalue weighted by atomic mass is 10.1. The molecule has 0 saturated heterocycles. The van der Waals surface area contributed by atoms with Crippen molar-refractivity contribution in [2.24, 2.45) is 0 Å². The van der Waals surface area contributed by atoms with E-state index >= 15 is 0 Å². The second-order valence-electron chi connectivity index (χ2n) is 4.69. The Morgan fingerprint density at radius 2 is 2.00 bits per heavy atom. The van der Waals surface area contributed by atoms with Gasteiger partial charge in [0.25, 0.3) is 0 Å². The van der Waals surface area contributed by atoms with Crippen LogP contribution in [-0.4, -0.2) is 9.97 Å². The third-order valence-electron chi connectivity index (χ3n) is 3.19. The van der Waals surface area contributed by atoms with E-state index in [2.05, 4.69) is 20.9 Å². The lowest BCUT2D eigenvalue weighted by Crippen LogP contribution is -2.18. The minimum atomic E-state index is 0.401. The van der Waals surface area contributed by atoms with E-state index in [1.165, 1.54) is 11.1 Å². The quantitative estimate of drug-likeness (QED) is 0.781. The van der Waals surface area contributed by atoms with Gasteiger partial charge in [0.15, 0.2) is 0 Å². The van der Waals surface area contributed by atoms with Gasteiger partial charge in [0.1, 0.15) is 11.8 Å². The molecule has 0 saturated carbocycles. The van der Waals surface area contributed by atoms with E-state index in [1.54, 1.807) is 6.07 Å². The fourth-order valence-electron chi connectivity index (χ4n) is 2.31. The number of aryl methyl sites for hydroxylation is 1. The highest BCUT2D eigenvalue weighted by Crippen LogP contribution is 2.27. The van der Waals surface area contributed by atoms with Gasteiger partial charge in [-0.1, -0.05) is 6.07 Å². The van der Waals surface area contributed by atoms with Crippen molar-refractivity contribution < 1.29 is 0 Å². The first-order chi connectivity index (χ1) is 9.15. The normalized spacial score (nSPS) is 13.2. The SMILES string of the molecule is Cc1cc(C#N)nc(N2Cc3ccc(N)cc3C2)n1. The Labute approximate surface area is 111 Å². The highest BCUT2D eigenvalue weighted by atomic mass is 15.3. The predicted molar refractivity (Wildman–Crippen MR) is 72.2 cm³/mol. The van der Waals surface area contributed by atoms with Crippen LogP contribution in [0, 0.1) is 18.3 Å². The molecular weight excluding hydrogens is 238 g/mol. The molecule has 0 unspecified atom stereocenters. The summed E-state index contributed by atoms with van der Waals surface area (Å²) in [4.78, 5) is 10.7. The molecule has 0 fully saturated rings. The zero-order chi connectivity index (χ0) is 13.4. The number of hydrogen-bond donors (Lipinski definition) is 1. The van der Waals surface area contributed by atoms with Crippen molar-refractivity contribution in [3.63, 3.8) is 0 Å². The first kappa shape index (κ1) is 11.5. The molecule has 2 heterocycles. The van der Waals surface area contributed by atoms with Crippen LogP contribution in [0.5, 0.6) is 0 Å². The van der Waals surface area contributed by atoms with Gasteiger partial charge in [0.05, 0.1) is 0 Å². The Hall–Kier alpha value is -2.61. The number of anilines is 2. The lowest BCUT2D eigenvalue weighted by molar-refractivity contribution is 0.820. The van der Waals surface area contributed by atoms with Gasteiger partial charge in [-0.3, -0.25) is 0 Å². The molecule has 0 aliphatic carbocycles. The van der Waals surface area contributed by atoms with Crippen molar-refractivity contribution in [3.8, 4) is 6.07 Å². The summed E-state index contributed by atoms with van der Waals surface area (Å²) in [6.07, 6.45) is 0. The molecule has 2 N–H and O–H groups in total. The van der Waals surface area contributed by atoms with E-state index in [0.717, 1.165) is 24.5 Å². The molecule has 2 aromatic rings. The molecule has 0 radical (unpaired) electrons. The summed E-state index contributed by atoms with van der Waals surface area (Å²) in [5.41, 5.74) is 10.2. The zero-order valence-corrected chi connectivity index (χ0v) is 10.6. The summed E-state index contributed by atoms with van der Waals surface area (Å²) in [6.45, 7) is 3.35. The van der Waals surface area contributed by atoms with Crippen molar-refractivity contribution in [2.45, 2.75) is 20.0 Å². The number of rotatable bonds is 1. The van der Waals surface area contributed by atoms with E-state index < -0.39 is 0 Å². The third-order valence-corrected chi connectivity index (χ3v) is 3.19. The standard InChI is InChI=1S/C14H13N5/c1-9-4-13(6-15)18-14(17-9)19-7-10-2-3-12(16)5-11(10)8-19/h2-5H,7-8,16H2,1H3. The summed E-state index contributed by atoms with van der Waals surface area (Å²) in [6, 6.07) is 9.67. The topological polar surface area (TPSA) is 78.8 Å². The Balaban J connectivity index is 1.95. The fraction of sp³-hybridized carbons (Fsp3) is 0.214. The van der Waals surface area contributed by atoms with E-state index in [0.29, 0.717) is 11.6 Å². The lowest BCUT2D eigenvalue weighted by Gasteiger charge is -2.15. The molecule has 5 nitrogen and oxygen atoms in total. The molecule has 5 heteroatoms. The molecular formula is C14H13N5. The van der Waals surface area contributed by atoms with Crippen molar-refractivity contribution in [1.29, 1.82) is 5.26 Å². The smallest absolute Gasteiger partial charge is 0.227 e. The predicted octanol–water partition coefficient (Wildman–Crippen LogP) is 1.76. The van der Waals surface area contributed by atoms with Crippen LogP contribution in [-0.2, 0) is 13.1 Å². The molecule has 0 amide bonds. The molecule has 94 valence electrons. The van der Waals surface area contributed by atoms with Crippen molar-refractivity contribution in [3.05, 3.63) is 46.8 Å². The van der Waals surface area contributed by atoms with Crippen LogP contribution in [0.3, 0.4) is 0 Å². The van der Waals surface area contributed by atoms with Crippen LogP contribution >= 0.6 is 0 Å². The van der Waals surface area contributed by atoms with Crippen molar-refractivity contribution in [1.82, 2.24) is 9.97 Å². The highest BCUT2D eigenvalue weighted by molar-refractivity contribution is 5.51. The van der Waals surface area contributed by atoms with Gasteiger partial charge in [-0.05, 0) is 36.2 Å². The second kappa shape index (κ2) is 4.25. The molecule has 0 atom stereocenters. The number of aromatic nitrogens is 2. The Morgan fingerprint density at radius 1 is 1.21 bits per heavy atom. The van der Waals surface area contributed by atoms with Gasteiger partial charge in [-0.15, -0.1) is 0 Å². The van der Waals surface area contributed by atoms with Gasteiger partial charge < -0.3 is 10.6 Å². The maximum atomic E-state index is 8.96. The van der Waals surface area contributed by atoms with Crippen molar-refractivity contribution >= 4 is 11.6 Å². The monoisotopic (exact) mass is 251 g/mol. The number of nitrogen functional groups attached to an aromatic ring is 1. The number of benzene rings is 1. The van der Waals surface area contributed by atoms with Gasteiger partial charge in [-0.25, -0.2) is 9.97 Å². The summed E-state index contributed by atoms with van der Waals surface area (Å²) in [5.74, 6) is 0.603. The number of fused-ring (bicyclic) bond motifs is 1. The number of hydrogen-bond acceptors (Lipinski definition) is 5. The van der Waals surface area contributed by atoms with E-state index in [-0.39, 0.29) is 0 Å². The third kappa shape index (κ3) is 2.08. The molecule has 1 aliphatic rings. The maximum absolute atomic E-state index is 8.96. The number of nitrogens with zero attached hydrogens (tertiary/aromatic N) is 4. The Kier molecular flexibility index (Phi) is 2.57. The van der Waals surface area contributed by atoms with Gasteiger partial charge in [0, 0.05) is 24.5 Å². The summed E-state index contributed by atoms with van der Waals surface area (Å²) in [5, 5.41) is 8.96. The van der Waals surface area contributed by atoms with E-state index in [4.69, 9.17) is 11.0 Å². The molecule has 1 aliphatic heterocycles. The fourth-order valence-corrected chi connectivity index (χ4v) is 2.31. The number of nitriles is 1. The molecule has 1 aromatic carbocycles. The molecule has 0 bridgehead atoms. The second-order valence-corrected chi connectivity index (χ2v) is 4.69.